The van der Waals surface area contributed by atoms with E-state index < -0.39 is 17.7 Å². The number of carbonyl (C=O) groups is 3. The zero-order chi connectivity index (χ0) is 12.4. The minimum Gasteiger partial charge on any atom is -0.274 e. The fourth-order valence-corrected chi connectivity index (χ4v) is 1.71. The summed E-state index contributed by atoms with van der Waals surface area (Å²) in [5.41, 5.74) is 0.540. The van der Waals surface area contributed by atoms with Crippen LogP contribution in [0.1, 0.15) is 33.6 Å². The molecule has 0 aromatic heterocycles. The van der Waals surface area contributed by atoms with Crippen LogP contribution in [-0.4, -0.2) is 22.6 Å². The van der Waals surface area contributed by atoms with Gasteiger partial charge in [-0.05, 0) is 12.1 Å². The van der Waals surface area contributed by atoms with E-state index in [1.54, 1.807) is 12.1 Å². The Bertz CT molecular complexity index is 519. The van der Waals surface area contributed by atoms with E-state index in [2.05, 4.69) is 5.92 Å². The van der Waals surface area contributed by atoms with Crippen molar-refractivity contribution in [1.82, 2.24) is 4.90 Å². The van der Waals surface area contributed by atoms with E-state index in [0.29, 0.717) is 4.90 Å². The highest BCUT2D eigenvalue weighted by Gasteiger charge is 2.38. The Kier molecular flexibility index (Phi) is 2.75. The van der Waals surface area contributed by atoms with Crippen molar-refractivity contribution in [2.75, 3.05) is 0 Å². The fraction of sp³-hybridized carbons (Fsp3) is 0.154. The maximum absolute atomic E-state index is 11.8. The van der Waals surface area contributed by atoms with Crippen LogP contribution in [0, 0.1) is 12.3 Å². The van der Waals surface area contributed by atoms with Crippen molar-refractivity contribution in [3.63, 3.8) is 0 Å². The number of rotatable bonds is 2. The number of nitrogens with zero attached hydrogens (tertiary/aromatic N) is 1. The fourth-order valence-electron chi connectivity index (χ4n) is 1.71. The Morgan fingerprint density at radius 3 is 2.18 bits per heavy atom. The van der Waals surface area contributed by atoms with Gasteiger partial charge in [0.15, 0.2) is 0 Å². The quantitative estimate of drug-likeness (QED) is 0.564. The summed E-state index contributed by atoms with van der Waals surface area (Å²) in [5.74, 6) is 0.631. The van der Waals surface area contributed by atoms with Crippen molar-refractivity contribution in [2.45, 2.75) is 12.8 Å². The van der Waals surface area contributed by atoms with Gasteiger partial charge in [0.05, 0.1) is 11.1 Å². The third-order valence-electron chi connectivity index (χ3n) is 2.53. The molecule has 1 heterocycles. The number of amides is 3. The molecule has 0 fully saturated rings. The second-order valence-corrected chi connectivity index (χ2v) is 3.59. The summed E-state index contributed by atoms with van der Waals surface area (Å²) < 4.78 is 0. The van der Waals surface area contributed by atoms with Crippen molar-refractivity contribution in [3.05, 3.63) is 35.4 Å². The first-order valence-electron chi connectivity index (χ1n) is 5.11. The number of hydrogen-bond acceptors (Lipinski definition) is 3. The minimum absolute atomic E-state index is 0.00195. The summed E-state index contributed by atoms with van der Waals surface area (Å²) in [6.07, 6.45) is 5.25. The molecule has 0 saturated heterocycles. The highest BCUT2D eigenvalue weighted by Crippen LogP contribution is 2.23. The second-order valence-electron chi connectivity index (χ2n) is 3.59. The monoisotopic (exact) mass is 227 g/mol. The molecule has 84 valence electrons. The van der Waals surface area contributed by atoms with Crippen molar-refractivity contribution >= 4 is 17.7 Å². The largest absolute Gasteiger partial charge is 0.274 e. The van der Waals surface area contributed by atoms with Gasteiger partial charge in [0.1, 0.15) is 0 Å². The van der Waals surface area contributed by atoms with Gasteiger partial charge < -0.3 is 0 Å². The van der Waals surface area contributed by atoms with Crippen LogP contribution in [0.3, 0.4) is 0 Å². The van der Waals surface area contributed by atoms with Gasteiger partial charge in [-0.1, -0.05) is 12.1 Å². The zero-order valence-corrected chi connectivity index (χ0v) is 8.97. The smallest absolute Gasteiger partial charge is 0.268 e. The number of benzene rings is 1. The third-order valence-corrected chi connectivity index (χ3v) is 2.53. The van der Waals surface area contributed by atoms with Crippen LogP contribution in [0.25, 0.3) is 0 Å². The van der Waals surface area contributed by atoms with E-state index in [0.717, 1.165) is 0 Å². The number of imide groups is 3. The van der Waals surface area contributed by atoms with Crippen LogP contribution >= 0.6 is 0 Å². The Balaban J connectivity index is 2.31. The number of terminal acetylenes is 1. The predicted octanol–water partition coefficient (Wildman–Crippen LogP) is 1.22. The lowest BCUT2D eigenvalue weighted by Gasteiger charge is -2.10. The van der Waals surface area contributed by atoms with Gasteiger partial charge in [0.25, 0.3) is 11.8 Å². The van der Waals surface area contributed by atoms with Crippen LogP contribution < -0.4 is 0 Å². The Morgan fingerprint density at radius 2 is 1.71 bits per heavy atom. The summed E-state index contributed by atoms with van der Waals surface area (Å²) in [6, 6.07) is 6.37. The molecule has 1 aromatic carbocycles. The van der Waals surface area contributed by atoms with Crippen molar-refractivity contribution in [1.29, 1.82) is 0 Å². The Morgan fingerprint density at radius 1 is 1.18 bits per heavy atom. The van der Waals surface area contributed by atoms with Gasteiger partial charge in [-0.15, -0.1) is 12.3 Å². The minimum atomic E-state index is -0.562. The highest BCUT2D eigenvalue weighted by molar-refractivity contribution is 6.28. The summed E-state index contributed by atoms with van der Waals surface area (Å²) in [7, 11) is 0. The van der Waals surface area contributed by atoms with Gasteiger partial charge in [0, 0.05) is 12.8 Å². The molecule has 0 unspecified atom stereocenters. The number of hydrogen-bond donors (Lipinski definition) is 0. The molecular formula is C13H9NO3. The first-order chi connectivity index (χ1) is 8.16. The van der Waals surface area contributed by atoms with E-state index in [4.69, 9.17) is 6.42 Å². The van der Waals surface area contributed by atoms with Gasteiger partial charge >= 0.3 is 0 Å². The Labute approximate surface area is 98.2 Å². The molecule has 0 spiro atoms. The first kappa shape index (κ1) is 11.1. The molecule has 0 bridgehead atoms. The van der Waals surface area contributed by atoms with Gasteiger partial charge in [-0.2, -0.15) is 0 Å². The average Bonchev–Trinajstić information content (AvgIpc) is 2.60. The van der Waals surface area contributed by atoms with Crippen molar-refractivity contribution < 1.29 is 14.4 Å². The molecule has 0 saturated carbocycles. The van der Waals surface area contributed by atoms with Crippen LogP contribution in [-0.2, 0) is 4.79 Å². The summed E-state index contributed by atoms with van der Waals surface area (Å²) in [5, 5.41) is 0. The highest BCUT2D eigenvalue weighted by atomic mass is 16.2. The maximum atomic E-state index is 11.8. The summed E-state index contributed by atoms with van der Waals surface area (Å²) in [4.78, 5) is 36.0. The molecule has 0 atom stereocenters. The van der Waals surface area contributed by atoms with E-state index in [-0.39, 0.29) is 24.0 Å². The van der Waals surface area contributed by atoms with Gasteiger partial charge in [0.2, 0.25) is 5.91 Å². The van der Waals surface area contributed by atoms with E-state index in [1.807, 2.05) is 0 Å². The van der Waals surface area contributed by atoms with Crippen LogP contribution in [0.15, 0.2) is 24.3 Å². The lowest BCUT2D eigenvalue weighted by atomic mass is 10.1. The first-order valence-corrected chi connectivity index (χ1v) is 5.11. The Hall–Kier alpha value is -2.41. The average molecular weight is 227 g/mol. The third kappa shape index (κ3) is 1.72. The molecule has 0 N–H and O–H groups in total. The second kappa shape index (κ2) is 4.22. The maximum Gasteiger partial charge on any atom is 0.268 e. The molecule has 4 nitrogen and oxygen atoms in total. The molecule has 1 aromatic rings. The lowest BCUT2D eigenvalue weighted by Crippen LogP contribution is -2.35. The molecule has 0 radical (unpaired) electrons. The SMILES string of the molecule is C#CCCC(=O)N1C(=O)c2ccccc2C1=O. The molecule has 2 rings (SSSR count). The predicted molar refractivity (Wildman–Crippen MR) is 60.0 cm³/mol. The van der Waals surface area contributed by atoms with Gasteiger partial charge in [-0.3, -0.25) is 14.4 Å². The number of fused-ring (bicyclic) bond motifs is 1. The molecule has 4 heteroatoms. The van der Waals surface area contributed by atoms with Crippen LogP contribution in [0.4, 0.5) is 0 Å². The summed E-state index contributed by atoms with van der Waals surface area (Å²) >= 11 is 0. The topological polar surface area (TPSA) is 54.5 Å². The lowest BCUT2D eigenvalue weighted by molar-refractivity contribution is -0.126. The zero-order valence-electron chi connectivity index (χ0n) is 8.97. The molecule has 3 amide bonds. The molecule has 1 aliphatic heterocycles. The van der Waals surface area contributed by atoms with Crippen molar-refractivity contribution in [3.8, 4) is 12.3 Å². The van der Waals surface area contributed by atoms with Crippen LogP contribution in [0.2, 0.25) is 0 Å². The molecular weight excluding hydrogens is 218 g/mol. The molecule has 1 aliphatic rings. The number of carbonyl (C=O) groups excluding carboxylic acids is 3. The van der Waals surface area contributed by atoms with Crippen molar-refractivity contribution in [2.24, 2.45) is 0 Å². The summed E-state index contributed by atoms with van der Waals surface area (Å²) in [6.45, 7) is 0. The standard InChI is InChI=1S/C13H9NO3/c1-2-3-8-11(15)14-12(16)9-6-4-5-7-10(9)13(14)17/h1,4-7H,3,8H2. The normalized spacial score (nSPS) is 13.5. The molecule has 17 heavy (non-hydrogen) atoms. The molecule has 0 aliphatic carbocycles. The van der Waals surface area contributed by atoms with E-state index >= 15 is 0 Å². The van der Waals surface area contributed by atoms with Crippen LogP contribution in [0.5, 0.6) is 0 Å². The van der Waals surface area contributed by atoms with E-state index in [1.165, 1.54) is 12.1 Å². The van der Waals surface area contributed by atoms with E-state index in [9.17, 15) is 14.4 Å². The van der Waals surface area contributed by atoms with Gasteiger partial charge in [-0.25, -0.2) is 4.90 Å².